The van der Waals surface area contributed by atoms with Gasteiger partial charge in [-0.2, -0.15) is 0 Å². The minimum atomic E-state index is -1.38. The van der Waals surface area contributed by atoms with Gasteiger partial charge in [0, 0.05) is 12.8 Å². The number of carboxylic acids is 1. The lowest BCUT2D eigenvalue weighted by Gasteiger charge is -2.08. The maximum Gasteiger partial charge on any atom is 0.372 e. The monoisotopic (exact) mass is 186 g/mol. The fraction of sp³-hybridized carbons (Fsp3) is 0.500. The predicted molar refractivity (Wildman–Crippen MR) is 41.6 cm³/mol. The minimum absolute atomic E-state index is 0.0263. The second-order valence-electron chi connectivity index (χ2n) is 2.59. The fourth-order valence-corrected chi connectivity index (χ4v) is 0.944. The third-order valence-electron chi connectivity index (χ3n) is 1.60. The lowest BCUT2D eigenvalue weighted by atomic mass is 10.2. The molecule has 5 heteroatoms. The Bertz CT molecular complexity index is 225. The fourth-order valence-electron chi connectivity index (χ4n) is 0.944. The lowest BCUT2D eigenvalue weighted by molar-refractivity contribution is -0.149. The van der Waals surface area contributed by atoms with Gasteiger partial charge >= 0.3 is 5.97 Å². The Balaban J connectivity index is 2.07. The van der Waals surface area contributed by atoms with Gasteiger partial charge in [-0.05, 0) is 6.42 Å². The maximum atomic E-state index is 10.6. The summed E-state index contributed by atoms with van der Waals surface area (Å²) in [5.74, 6) is -2.16. The van der Waals surface area contributed by atoms with E-state index in [-0.39, 0.29) is 12.7 Å². The summed E-state index contributed by atoms with van der Waals surface area (Å²) in [6.07, 6.45) is 3.48. The zero-order chi connectivity index (χ0) is 9.68. The summed E-state index contributed by atoms with van der Waals surface area (Å²) in [5, 5.41) is 8.25. The quantitative estimate of drug-likeness (QED) is 0.638. The van der Waals surface area contributed by atoms with Gasteiger partial charge in [-0.1, -0.05) is 0 Å². The first-order valence-electron chi connectivity index (χ1n) is 3.92. The van der Waals surface area contributed by atoms with Crippen LogP contribution in [0.1, 0.15) is 19.3 Å². The largest absolute Gasteiger partial charge is 0.476 e. The Kier molecular flexibility index (Phi) is 3.31. The molecule has 0 bridgehead atoms. The first kappa shape index (κ1) is 9.57. The molecule has 72 valence electrons. The van der Waals surface area contributed by atoms with E-state index >= 15 is 0 Å². The second kappa shape index (κ2) is 4.49. The smallest absolute Gasteiger partial charge is 0.372 e. The molecule has 0 aromatic heterocycles. The first-order chi connectivity index (χ1) is 6.20. The standard InChI is InChI=1S/C8H10O5/c9-6(8(10)11)2-1-3-7-12-4-5-13-7/h4-5,7H,1-3H2,(H,10,11). The molecule has 1 rings (SSSR count). The van der Waals surface area contributed by atoms with Crippen molar-refractivity contribution >= 4 is 11.8 Å². The van der Waals surface area contributed by atoms with Gasteiger partial charge in [0.1, 0.15) is 12.5 Å². The molecule has 0 radical (unpaired) electrons. The van der Waals surface area contributed by atoms with Crippen LogP contribution in [0.2, 0.25) is 0 Å². The number of carboxylic acid groups (broad SMARTS) is 1. The van der Waals surface area contributed by atoms with E-state index < -0.39 is 11.8 Å². The van der Waals surface area contributed by atoms with Gasteiger partial charge in [0.25, 0.3) is 0 Å². The maximum absolute atomic E-state index is 10.6. The molecule has 0 saturated heterocycles. The molecule has 0 unspecified atom stereocenters. The van der Waals surface area contributed by atoms with Crippen molar-refractivity contribution < 1.29 is 24.2 Å². The third kappa shape index (κ3) is 3.14. The summed E-state index contributed by atoms with van der Waals surface area (Å²) in [7, 11) is 0. The van der Waals surface area contributed by atoms with Crippen LogP contribution in [0.4, 0.5) is 0 Å². The van der Waals surface area contributed by atoms with Crippen LogP contribution in [0, 0.1) is 0 Å². The molecule has 0 aromatic carbocycles. The highest BCUT2D eigenvalue weighted by molar-refractivity contribution is 6.32. The molecule has 0 spiro atoms. The molecular formula is C8H10O5. The van der Waals surface area contributed by atoms with Crippen molar-refractivity contribution in [3.63, 3.8) is 0 Å². The van der Waals surface area contributed by atoms with E-state index in [2.05, 4.69) is 0 Å². The summed E-state index contributed by atoms with van der Waals surface area (Å²) in [5.41, 5.74) is 0. The first-order valence-corrected chi connectivity index (χ1v) is 3.92. The SMILES string of the molecule is O=C(O)C(=O)CCCC1OC=CO1. The highest BCUT2D eigenvalue weighted by atomic mass is 16.7. The molecule has 0 fully saturated rings. The van der Waals surface area contributed by atoms with Crippen LogP contribution in [0.15, 0.2) is 12.5 Å². The second-order valence-corrected chi connectivity index (χ2v) is 2.59. The molecule has 13 heavy (non-hydrogen) atoms. The Morgan fingerprint density at radius 2 is 1.92 bits per heavy atom. The van der Waals surface area contributed by atoms with Crippen molar-refractivity contribution in [1.29, 1.82) is 0 Å². The van der Waals surface area contributed by atoms with Crippen LogP contribution in [-0.4, -0.2) is 23.1 Å². The number of carbonyl (C=O) groups is 2. The average molecular weight is 186 g/mol. The van der Waals surface area contributed by atoms with E-state index in [1.807, 2.05) is 0 Å². The average Bonchev–Trinajstić information content (AvgIpc) is 2.56. The van der Waals surface area contributed by atoms with E-state index in [4.69, 9.17) is 14.6 Å². The summed E-state index contributed by atoms with van der Waals surface area (Å²) in [6.45, 7) is 0. The van der Waals surface area contributed by atoms with Crippen LogP contribution in [0.5, 0.6) is 0 Å². The lowest BCUT2D eigenvalue weighted by Crippen LogP contribution is -2.14. The zero-order valence-electron chi connectivity index (χ0n) is 6.93. The van der Waals surface area contributed by atoms with Crippen LogP contribution in [-0.2, 0) is 19.1 Å². The molecule has 1 N–H and O–H groups in total. The van der Waals surface area contributed by atoms with Gasteiger partial charge in [0.2, 0.25) is 12.1 Å². The molecule has 5 nitrogen and oxygen atoms in total. The molecule has 1 aliphatic heterocycles. The molecule has 0 aliphatic carbocycles. The van der Waals surface area contributed by atoms with Crippen LogP contribution in [0.25, 0.3) is 0 Å². The summed E-state index contributed by atoms with van der Waals surface area (Å²) < 4.78 is 9.87. The van der Waals surface area contributed by atoms with Crippen molar-refractivity contribution in [2.45, 2.75) is 25.6 Å². The van der Waals surface area contributed by atoms with Gasteiger partial charge < -0.3 is 14.6 Å². The highest BCUT2D eigenvalue weighted by Crippen LogP contribution is 2.12. The summed E-state index contributed by atoms with van der Waals surface area (Å²) >= 11 is 0. The number of Topliss-reactive ketones (excluding diaryl/α,β-unsaturated/α-hetero) is 1. The van der Waals surface area contributed by atoms with E-state index in [0.717, 1.165) is 0 Å². The topological polar surface area (TPSA) is 72.8 Å². The van der Waals surface area contributed by atoms with Gasteiger partial charge in [-0.25, -0.2) is 4.79 Å². The van der Waals surface area contributed by atoms with Crippen molar-refractivity contribution in [1.82, 2.24) is 0 Å². The number of ether oxygens (including phenoxy) is 2. The minimum Gasteiger partial charge on any atom is -0.476 e. The third-order valence-corrected chi connectivity index (χ3v) is 1.60. The van der Waals surface area contributed by atoms with Gasteiger partial charge in [-0.15, -0.1) is 0 Å². The summed E-state index contributed by atoms with van der Waals surface area (Å²) in [4.78, 5) is 20.7. The van der Waals surface area contributed by atoms with E-state index in [9.17, 15) is 9.59 Å². The van der Waals surface area contributed by atoms with Crippen LogP contribution in [0.3, 0.4) is 0 Å². The molecule has 0 atom stereocenters. The Hall–Kier alpha value is -1.52. The molecule has 1 heterocycles. The molecule has 1 aliphatic rings. The van der Waals surface area contributed by atoms with E-state index in [1.165, 1.54) is 12.5 Å². The van der Waals surface area contributed by atoms with Crippen LogP contribution >= 0.6 is 0 Å². The highest BCUT2D eigenvalue weighted by Gasteiger charge is 2.15. The number of carbonyl (C=O) groups excluding carboxylic acids is 1. The van der Waals surface area contributed by atoms with Gasteiger partial charge in [0.05, 0.1) is 0 Å². The van der Waals surface area contributed by atoms with Crippen molar-refractivity contribution in [2.24, 2.45) is 0 Å². The molecule has 0 amide bonds. The predicted octanol–water partition coefficient (Wildman–Crippen LogP) is 0.654. The molecule has 0 aromatic rings. The van der Waals surface area contributed by atoms with Crippen LogP contribution < -0.4 is 0 Å². The van der Waals surface area contributed by atoms with Gasteiger partial charge in [0.15, 0.2) is 0 Å². The van der Waals surface area contributed by atoms with Gasteiger partial charge in [-0.3, -0.25) is 4.79 Å². The number of hydrogen-bond acceptors (Lipinski definition) is 4. The van der Waals surface area contributed by atoms with Crippen molar-refractivity contribution in [2.75, 3.05) is 0 Å². The number of rotatable bonds is 5. The number of hydrogen-bond donors (Lipinski definition) is 1. The molecule has 0 saturated carbocycles. The van der Waals surface area contributed by atoms with Crippen molar-refractivity contribution in [3.8, 4) is 0 Å². The number of aliphatic carboxylic acids is 1. The number of ketones is 1. The normalized spacial score (nSPS) is 15.1. The van der Waals surface area contributed by atoms with E-state index in [0.29, 0.717) is 12.8 Å². The Labute approximate surface area is 74.9 Å². The van der Waals surface area contributed by atoms with Crippen molar-refractivity contribution in [3.05, 3.63) is 12.5 Å². The summed E-state index contributed by atoms with van der Waals surface area (Å²) in [6, 6.07) is 0. The van der Waals surface area contributed by atoms with E-state index in [1.54, 1.807) is 0 Å². The molecular weight excluding hydrogens is 176 g/mol. The Morgan fingerprint density at radius 1 is 1.31 bits per heavy atom. The zero-order valence-corrected chi connectivity index (χ0v) is 6.93. The Morgan fingerprint density at radius 3 is 2.46 bits per heavy atom.